The van der Waals surface area contributed by atoms with Gasteiger partial charge in [0.15, 0.2) is 11.6 Å². The lowest BCUT2D eigenvalue weighted by molar-refractivity contribution is 0.0584. The zero-order valence-electron chi connectivity index (χ0n) is 20.9. The molecule has 6 rings (SSSR count). The number of pyridine rings is 1. The highest BCUT2D eigenvalue weighted by Crippen LogP contribution is 2.42. The number of phenolic OH excluding ortho intramolecular Hbond substituents is 1. The summed E-state index contributed by atoms with van der Waals surface area (Å²) in [5.41, 5.74) is 1.01. The molecule has 0 radical (unpaired) electrons. The Morgan fingerprint density at radius 2 is 1.95 bits per heavy atom. The van der Waals surface area contributed by atoms with Crippen LogP contribution in [-0.4, -0.2) is 62.2 Å². The summed E-state index contributed by atoms with van der Waals surface area (Å²) in [5.74, 6) is 0.429. The van der Waals surface area contributed by atoms with Gasteiger partial charge in [0.2, 0.25) is 5.88 Å². The van der Waals surface area contributed by atoms with Crippen molar-refractivity contribution in [3.05, 3.63) is 42.5 Å². The second kappa shape index (κ2) is 9.16. The SMILES string of the molecule is COc1cc(-c2ccc(-c3ncc(N(C4CC4)[C@@H]4C[C@@]5(C)CCC[C@@H](N5)[C@@H]4F)nn3)c(O)c2)c(F)cn1. The number of fused-ring (bicyclic) bond motifs is 2. The number of ether oxygens (including phenoxy) is 1. The fourth-order valence-electron chi connectivity index (χ4n) is 5.93. The maximum absolute atomic E-state index is 15.6. The highest BCUT2D eigenvalue weighted by molar-refractivity contribution is 5.73. The second-order valence-corrected chi connectivity index (χ2v) is 10.6. The maximum atomic E-state index is 15.6. The number of hydrogen-bond acceptors (Lipinski definition) is 8. The molecule has 1 aromatic carbocycles. The number of alkyl halides is 1. The molecule has 2 aromatic heterocycles. The molecule has 3 aromatic rings. The van der Waals surface area contributed by atoms with Crippen molar-refractivity contribution in [3.63, 3.8) is 0 Å². The first-order chi connectivity index (χ1) is 17.8. The number of anilines is 1. The summed E-state index contributed by atoms with van der Waals surface area (Å²) in [4.78, 5) is 10.4. The molecule has 4 atom stereocenters. The van der Waals surface area contributed by atoms with Gasteiger partial charge in [0, 0.05) is 29.3 Å². The van der Waals surface area contributed by atoms with E-state index in [0.29, 0.717) is 23.4 Å². The minimum atomic E-state index is -0.987. The van der Waals surface area contributed by atoms with Crippen LogP contribution in [0.3, 0.4) is 0 Å². The molecule has 3 aliphatic rings. The Labute approximate surface area is 214 Å². The van der Waals surface area contributed by atoms with Crippen molar-refractivity contribution in [2.45, 2.75) is 75.3 Å². The Morgan fingerprint density at radius 1 is 1.11 bits per heavy atom. The summed E-state index contributed by atoms with van der Waals surface area (Å²) in [5, 5.41) is 23.0. The third-order valence-electron chi connectivity index (χ3n) is 7.89. The molecule has 1 aliphatic carbocycles. The first-order valence-corrected chi connectivity index (χ1v) is 12.8. The summed E-state index contributed by atoms with van der Waals surface area (Å²) < 4.78 is 35.1. The van der Waals surface area contributed by atoms with E-state index >= 15 is 4.39 Å². The molecular formula is C27H30F2N6O2. The van der Waals surface area contributed by atoms with Gasteiger partial charge in [-0.25, -0.2) is 18.7 Å². The molecule has 37 heavy (non-hydrogen) atoms. The number of halogens is 2. The van der Waals surface area contributed by atoms with Gasteiger partial charge >= 0.3 is 0 Å². The van der Waals surface area contributed by atoms with Crippen LogP contribution in [0, 0.1) is 5.82 Å². The molecular weight excluding hydrogens is 478 g/mol. The Balaban J connectivity index is 1.27. The van der Waals surface area contributed by atoms with E-state index in [1.807, 2.05) is 0 Å². The smallest absolute Gasteiger partial charge is 0.213 e. The van der Waals surface area contributed by atoms with Gasteiger partial charge in [0.05, 0.1) is 31.1 Å². The molecule has 4 heterocycles. The topological polar surface area (TPSA) is 96.3 Å². The highest BCUT2D eigenvalue weighted by atomic mass is 19.1. The van der Waals surface area contributed by atoms with Gasteiger partial charge in [-0.05, 0) is 63.1 Å². The normalized spacial score (nSPS) is 27.1. The van der Waals surface area contributed by atoms with Gasteiger partial charge < -0.3 is 20.1 Å². The Morgan fingerprint density at radius 3 is 2.65 bits per heavy atom. The lowest BCUT2D eigenvalue weighted by atomic mass is 9.74. The number of nitrogens with zero attached hydrogens (tertiary/aromatic N) is 5. The number of methoxy groups -OCH3 is 1. The number of aromatic nitrogens is 4. The lowest BCUT2D eigenvalue weighted by Gasteiger charge is -2.52. The van der Waals surface area contributed by atoms with Crippen LogP contribution in [0.4, 0.5) is 14.6 Å². The summed E-state index contributed by atoms with van der Waals surface area (Å²) in [6.07, 6.45) is 7.36. The van der Waals surface area contributed by atoms with Crippen LogP contribution in [0.5, 0.6) is 11.6 Å². The number of rotatable bonds is 6. The van der Waals surface area contributed by atoms with E-state index in [9.17, 15) is 9.50 Å². The Kier molecular flexibility index (Phi) is 5.94. The molecule has 0 unspecified atom stereocenters. The molecule has 8 nitrogen and oxygen atoms in total. The van der Waals surface area contributed by atoms with Crippen molar-refractivity contribution in [2.75, 3.05) is 12.0 Å². The monoisotopic (exact) mass is 508 g/mol. The number of piperidine rings is 2. The average molecular weight is 509 g/mol. The quantitative estimate of drug-likeness (QED) is 0.505. The van der Waals surface area contributed by atoms with E-state index in [4.69, 9.17) is 4.74 Å². The zero-order chi connectivity index (χ0) is 25.7. The van der Waals surface area contributed by atoms with E-state index in [1.165, 1.54) is 19.2 Å². The number of phenols is 1. The molecule has 2 N–H and O–H groups in total. The Bertz CT molecular complexity index is 1300. The fourth-order valence-corrected chi connectivity index (χ4v) is 5.93. The maximum Gasteiger partial charge on any atom is 0.213 e. The predicted molar refractivity (Wildman–Crippen MR) is 135 cm³/mol. The molecule has 2 bridgehead atoms. The molecule has 0 spiro atoms. The number of aromatic hydroxyl groups is 1. The second-order valence-electron chi connectivity index (χ2n) is 10.6. The van der Waals surface area contributed by atoms with Crippen molar-refractivity contribution in [3.8, 4) is 34.1 Å². The molecule has 3 fully saturated rings. The Hall–Kier alpha value is -3.40. The van der Waals surface area contributed by atoms with E-state index in [2.05, 4.69) is 37.3 Å². The van der Waals surface area contributed by atoms with E-state index < -0.39 is 12.0 Å². The third-order valence-corrected chi connectivity index (χ3v) is 7.89. The van der Waals surface area contributed by atoms with Crippen molar-refractivity contribution in [1.29, 1.82) is 0 Å². The van der Waals surface area contributed by atoms with Crippen molar-refractivity contribution in [1.82, 2.24) is 25.5 Å². The van der Waals surface area contributed by atoms with Gasteiger partial charge in [-0.3, -0.25) is 0 Å². The zero-order valence-corrected chi connectivity index (χ0v) is 20.9. The van der Waals surface area contributed by atoms with Crippen molar-refractivity contribution in [2.24, 2.45) is 0 Å². The summed E-state index contributed by atoms with van der Waals surface area (Å²) in [6.45, 7) is 2.19. The molecule has 2 aliphatic heterocycles. The first-order valence-electron chi connectivity index (χ1n) is 12.8. The fraction of sp³-hybridized carbons (Fsp3) is 0.481. The summed E-state index contributed by atoms with van der Waals surface area (Å²) >= 11 is 0. The van der Waals surface area contributed by atoms with Crippen LogP contribution in [0.25, 0.3) is 22.5 Å². The van der Waals surface area contributed by atoms with Gasteiger partial charge in [-0.2, -0.15) is 0 Å². The van der Waals surface area contributed by atoms with Crippen molar-refractivity contribution >= 4 is 5.82 Å². The third kappa shape index (κ3) is 4.47. The number of benzene rings is 1. The van der Waals surface area contributed by atoms with Gasteiger partial charge in [-0.15, -0.1) is 10.2 Å². The molecule has 0 amide bonds. The van der Waals surface area contributed by atoms with Crippen LogP contribution >= 0.6 is 0 Å². The highest BCUT2D eigenvalue weighted by Gasteiger charge is 2.50. The van der Waals surface area contributed by atoms with Gasteiger partial charge in [0.25, 0.3) is 0 Å². The molecule has 2 saturated heterocycles. The molecule has 194 valence electrons. The standard InChI is InChI=1S/C27H30F2N6O2/c1-27-9-3-4-20(32-27)25(29)21(12-27)35(16-6-7-16)23-14-31-26(34-33-23)17-8-5-15(10-22(17)36)18-11-24(37-2)30-13-19(18)28/h5,8,10-11,13-14,16,20-21,25,32,36H,3-4,6-7,9,12H2,1-2H3/t20-,21-,25+,27-/m1/s1. The minimum Gasteiger partial charge on any atom is -0.507 e. The summed E-state index contributed by atoms with van der Waals surface area (Å²) in [6, 6.07) is 6.04. The van der Waals surface area contributed by atoms with E-state index in [-0.39, 0.29) is 46.7 Å². The van der Waals surface area contributed by atoms with Crippen LogP contribution in [0.15, 0.2) is 36.7 Å². The van der Waals surface area contributed by atoms with E-state index in [0.717, 1.165) is 38.3 Å². The number of nitrogens with one attached hydrogen (secondary N) is 1. The largest absolute Gasteiger partial charge is 0.507 e. The summed E-state index contributed by atoms with van der Waals surface area (Å²) in [7, 11) is 1.45. The van der Waals surface area contributed by atoms with Gasteiger partial charge in [-0.1, -0.05) is 6.07 Å². The number of hydrogen-bond donors (Lipinski definition) is 2. The van der Waals surface area contributed by atoms with Crippen LogP contribution < -0.4 is 15.0 Å². The molecule has 10 heteroatoms. The van der Waals surface area contributed by atoms with E-state index in [1.54, 1.807) is 18.3 Å². The minimum absolute atomic E-state index is 0.0735. The van der Waals surface area contributed by atoms with Gasteiger partial charge in [0.1, 0.15) is 17.7 Å². The average Bonchev–Trinajstić information content (AvgIpc) is 3.73. The van der Waals surface area contributed by atoms with Crippen molar-refractivity contribution < 1.29 is 18.6 Å². The lowest BCUT2D eigenvalue weighted by Crippen LogP contribution is -2.67. The molecule has 1 saturated carbocycles. The van der Waals surface area contributed by atoms with Crippen LogP contribution in [0.1, 0.15) is 45.4 Å². The van der Waals surface area contributed by atoms with Crippen LogP contribution in [-0.2, 0) is 0 Å². The first kappa shape index (κ1) is 24.0. The predicted octanol–water partition coefficient (Wildman–Crippen LogP) is 4.43. The van der Waals surface area contributed by atoms with Crippen LogP contribution in [0.2, 0.25) is 0 Å².